The number of aliphatic imine (C=N–C) groups is 8. The van der Waals surface area contributed by atoms with Crippen LogP contribution in [0.2, 0.25) is 0 Å². The second kappa shape index (κ2) is 42.5. The van der Waals surface area contributed by atoms with Crippen molar-refractivity contribution in [2.75, 3.05) is 52.4 Å². The van der Waals surface area contributed by atoms with Gasteiger partial charge in [-0.2, -0.15) is 0 Å². The summed E-state index contributed by atoms with van der Waals surface area (Å²) in [5.74, 6) is 0.788. The average Bonchev–Trinajstić information content (AvgIpc) is 3.26. The number of nitrogens with zero attached hydrogens (tertiary/aromatic N) is 8. The zero-order valence-corrected chi connectivity index (χ0v) is 46.9. The summed E-state index contributed by atoms with van der Waals surface area (Å²) in [5.41, 5.74) is 9.71. The van der Waals surface area contributed by atoms with E-state index in [1.165, 1.54) is 13.8 Å². The molecule has 2 aliphatic rings. The largest absolute Gasteiger partial charge is 0.507 e. The number of aromatic hydroxyl groups is 4. The number of hydrogen-bond acceptors (Lipinski definition) is 16. The minimum atomic E-state index is -1.17. The van der Waals surface area contributed by atoms with Crippen LogP contribution < -0.4 is 0 Å². The molecule has 4 aromatic carbocycles. The Morgan fingerprint density at radius 2 is 0.405 bits per heavy atom. The zero-order chi connectivity index (χ0) is 49.8. The first-order valence-corrected chi connectivity index (χ1v) is 22.6. The first kappa shape index (κ1) is 75.8. The summed E-state index contributed by atoms with van der Waals surface area (Å²) < 4.78 is 0. The van der Waals surface area contributed by atoms with Crippen molar-refractivity contribution in [2.45, 2.75) is 79.8 Å². The van der Waals surface area contributed by atoms with Gasteiger partial charge >= 0.3 is 0 Å². The molecule has 18 nitrogen and oxygen atoms in total. The number of aryl methyl sites for hydroxylation is 4. The number of aliphatic hydroxyl groups excluding tert-OH is 2. The molecule has 0 saturated carbocycles. The third-order valence-electron chi connectivity index (χ3n) is 9.39. The number of aliphatic hydroxyl groups is 4. The van der Waals surface area contributed by atoms with Crippen LogP contribution in [-0.2, 0) is 68.3 Å². The first-order chi connectivity index (χ1) is 32.5. The van der Waals surface area contributed by atoms with Crippen LogP contribution in [-0.4, -0.2) is 166 Å². The molecule has 0 fully saturated rings. The van der Waals surface area contributed by atoms with Crippen molar-refractivity contribution >= 4 is 49.7 Å². The molecule has 2 aliphatic heterocycles. The number of fused-ring (bicyclic) bond motifs is 8. The van der Waals surface area contributed by atoms with Gasteiger partial charge in [0.1, 0.15) is 35.6 Å². The predicted molar refractivity (Wildman–Crippen MR) is 285 cm³/mol. The molecule has 0 spiro atoms. The quantitative estimate of drug-likeness (QED) is 0.0896. The molecule has 2 heterocycles. The Kier molecular flexibility index (Phi) is 43.5. The molecule has 4 aromatic rings. The van der Waals surface area contributed by atoms with E-state index in [9.17, 15) is 20.4 Å². The molecule has 0 saturated heterocycles. The maximum atomic E-state index is 10.5. The van der Waals surface area contributed by atoms with Crippen LogP contribution in [0.15, 0.2) is 88.5 Å². The number of rotatable bonds is 0. The van der Waals surface area contributed by atoms with E-state index in [-0.39, 0.29) is 102 Å². The van der Waals surface area contributed by atoms with Gasteiger partial charge in [0.15, 0.2) is 0 Å². The van der Waals surface area contributed by atoms with Crippen molar-refractivity contribution < 1.29 is 120 Å². The van der Waals surface area contributed by atoms with Crippen molar-refractivity contribution in [3.05, 3.63) is 115 Å². The van der Waals surface area contributed by atoms with Crippen LogP contribution >= 0.6 is 0 Å². The molecule has 12 N–H and O–H groups in total. The molecule has 412 valence electrons. The van der Waals surface area contributed by atoms with Crippen molar-refractivity contribution in [3.8, 4) is 23.0 Å². The number of benzene rings is 4. The van der Waals surface area contributed by atoms with Crippen molar-refractivity contribution in [2.24, 2.45) is 39.9 Å². The fourth-order valence-electron chi connectivity index (χ4n) is 6.45. The maximum Gasteiger partial charge on any atom is 0.148 e. The molecular formula is C52H72Fe4N8O10. The van der Waals surface area contributed by atoms with Gasteiger partial charge in [-0.25, -0.2) is 0 Å². The van der Waals surface area contributed by atoms with E-state index in [4.69, 9.17) is 20.4 Å². The SMILES string of the molecule is CC(O)O.CC(O)O.Cc1cc2c(O)c(c1)C=NCCCN=Cc1cc(C)cc(c1O)C=NCCCN=C2.Cc1cc2c(O)c(c1)C=NCCCN=Cc1cc(C)cc(c1O)C=NCCCN=C2.O.O.[Fe].[Fe].[Fe].[Fe]. The van der Waals surface area contributed by atoms with E-state index in [1.54, 1.807) is 49.7 Å². The van der Waals surface area contributed by atoms with Gasteiger partial charge in [0.25, 0.3) is 0 Å². The van der Waals surface area contributed by atoms with E-state index in [1.807, 2.05) is 76.2 Å². The van der Waals surface area contributed by atoms with E-state index in [2.05, 4.69) is 39.9 Å². The number of phenols is 4. The Balaban J connectivity index is -0.000000539. The van der Waals surface area contributed by atoms with Crippen LogP contribution in [0, 0.1) is 27.7 Å². The molecule has 22 heteroatoms. The summed E-state index contributed by atoms with van der Waals surface area (Å²) in [5, 5.41) is 72.5. The van der Waals surface area contributed by atoms with Gasteiger partial charge in [0.2, 0.25) is 0 Å². The van der Waals surface area contributed by atoms with E-state index >= 15 is 0 Å². The van der Waals surface area contributed by atoms with Crippen LogP contribution in [0.4, 0.5) is 0 Å². The topological polar surface area (TPSA) is 324 Å². The molecule has 8 bridgehead atoms. The third kappa shape index (κ3) is 30.0. The third-order valence-corrected chi connectivity index (χ3v) is 9.39. The Labute approximate surface area is 477 Å². The van der Waals surface area contributed by atoms with Gasteiger partial charge in [0.05, 0.1) is 0 Å². The predicted octanol–water partition coefficient (Wildman–Crippen LogP) is 4.74. The van der Waals surface area contributed by atoms with Crippen molar-refractivity contribution in [1.29, 1.82) is 0 Å². The van der Waals surface area contributed by atoms with Crippen molar-refractivity contribution in [3.63, 3.8) is 0 Å². The molecule has 0 aliphatic carbocycles. The van der Waals surface area contributed by atoms with Crippen LogP contribution in [0.1, 0.15) is 106 Å². The summed E-state index contributed by atoms with van der Waals surface area (Å²) in [6.07, 6.45) is 14.4. The monoisotopic (exact) mass is 1190 g/mol. The second-order valence-electron chi connectivity index (χ2n) is 16.1. The summed E-state index contributed by atoms with van der Waals surface area (Å²) in [7, 11) is 0. The number of hydrogen-bond donors (Lipinski definition) is 8. The Morgan fingerprint density at radius 3 is 0.514 bits per heavy atom. The fourth-order valence-corrected chi connectivity index (χ4v) is 6.45. The van der Waals surface area contributed by atoms with Gasteiger partial charge in [-0.3, -0.25) is 39.9 Å². The summed E-state index contributed by atoms with van der Waals surface area (Å²) in [6.45, 7) is 15.3. The summed E-state index contributed by atoms with van der Waals surface area (Å²) in [4.78, 5) is 35.4. The molecule has 0 radical (unpaired) electrons. The average molecular weight is 1190 g/mol. The molecule has 74 heavy (non-hydrogen) atoms. The molecule has 0 atom stereocenters. The standard InChI is InChI=1S/2C24H28N4O2.2C2H6O2.4Fe.2H2O/c2*1-17-9-19-13-25-5-3-7-27-15-21-11-18(2)12-22(24(21)30)16-28-8-4-6-26-14-20(10-17)23(19)29;2*1-2(3)4;;;;;;/h2*9-16,29-30H,3-8H2,1-2H3;2*2-4H,1H3;;;;;2*1H2. The molecule has 0 amide bonds. The molecule has 0 aromatic heterocycles. The van der Waals surface area contributed by atoms with E-state index in [0.717, 1.165) is 47.9 Å². The normalized spacial score (nSPS) is 13.4. The van der Waals surface area contributed by atoms with Crippen LogP contribution in [0.3, 0.4) is 0 Å². The minimum Gasteiger partial charge on any atom is -0.507 e. The zero-order valence-electron chi connectivity index (χ0n) is 42.4. The molecular weight excluding hydrogens is 1120 g/mol. The smallest absolute Gasteiger partial charge is 0.148 e. The molecule has 6 rings (SSSR count). The number of phenolic OH excluding ortho intramolecular Hbond substituents is 4. The van der Waals surface area contributed by atoms with Gasteiger partial charge in [-0.1, -0.05) is 0 Å². The second-order valence-corrected chi connectivity index (χ2v) is 16.1. The van der Waals surface area contributed by atoms with Gasteiger partial charge < -0.3 is 51.8 Å². The van der Waals surface area contributed by atoms with Crippen LogP contribution in [0.25, 0.3) is 0 Å². The van der Waals surface area contributed by atoms with Gasteiger partial charge in [-0.15, -0.1) is 0 Å². The maximum absolute atomic E-state index is 10.5. The Bertz CT molecular complexity index is 2010. The van der Waals surface area contributed by atoms with E-state index in [0.29, 0.717) is 96.9 Å². The van der Waals surface area contributed by atoms with Crippen LogP contribution in [0.5, 0.6) is 23.0 Å². The Morgan fingerprint density at radius 1 is 0.297 bits per heavy atom. The summed E-state index contributed by atoms with van der Waals surface area (Å²) >= 11 is 0. The Hall–Kier alpha value is -4.72. The van der Waals surface area contributed by atoms with Gasteiger partial charge in [0, 0.05) is 215 Å². The van der Waals surface area contributed by atoms with E-state index < -0.39 is 12.6 Å². The first-order valence-electron chi connectivity index (χ1n) is 22.6. The summed E-state index contributed by atoms with van der Waals surface area (Å²) in [6, 6.07) is 15.3. The fraction of sp³-hybridized carbons (Fsp3) is 0.385. The minimum absolute atomic E-state index is 0. The van der Waals surface area contributed by atoms with Gasteiger partial charge in [-0.05, 0) is 138 Å². The molecule has 0 unspecified atom stereocenters. The van der Waals surface area contributed by atoms with Crippen molar-refractivity contribution in [1.82, 2.24) is 0 Å².